The highest BCUT2D eigenvalue weighted by atomic mass is 16.5. The summed E-state index contributed by atoms with van der Waals surface area (Å²) in [6.45, 7) is 2.18. The van der Waals surface area contributed by atoms with Gasteiger partial charge in [0.2, 0.25) is 0 Å². The second-order valence-corrected chi connectivity index (χ2v) is 7.07. The molecule has 3 aromatic rings. The summed E-state index contributed by atoms with van der Waals surface area (Å²) in [6.07, 6.45) is 6.92. The van der Waals surface area contributed by atoms with Gasteiger partial charge >= 0.3 is 0 Å². The van der Waals surface area contributed by atoms with Crippen LogP contribution in [0.3, 0.4) is 0 Å². The lowest BCUT2D eigenvalue weighted by atomic mass is 10.0. The Balaban J connectivity index is 1.31. The molecule has 1 fully saturated rings. The van der Waals surface area contributed by atoms with E-state index in [4.69, 9.17) is 4.52 Å². The fourth-order valence-electron chi connectivity index (χ4n) is 3.58. The molecule has 0 radical (unpaired) electrons. The number of amides is 1. The van der Waals surface area contributed by atoms with Crippen molar-refractivity contribution in [3.05, 3.63) is 66.3 Å². The van der Waals surface area contributed by atoms with Crippen LogP contribution in [0.25, 0.3) is 11.4 Å². The van der Waals surface area contributed by atoms with E-state index in [2.05, 4.69) is 27.1 Å². The maximum absolute atomic E-state index is 12.5. The van der Waals surface area contributed by atoms with Crippen LogP contribution in [0, 0.1) is 0 Å². The van der Waals surface area contributed by atoms with Crippen LogP contribution in [0.4, 0.5) is 0 Å². The van der Waals surface area contributed by atoms with Crippen LogP contribution in [0.5, 0.6) is 0 Å². The molecule has 1 amide bonds. The van der Waals surface area contributed by atoms with Gasteiger partial charge in [0.05, 0.1) is 17.8 Å². The Morgan fingerprint density at radius 2 is 2.04 bits per heavy atom. The van der Waals surface area contributed by atoms with Crippen molar-refractivity contribution in [3.63, 3.8) is 0 Å². The number of nitrogens with zero attached hydrogens (tertiary/aromatic N) is 5. The van der Waals surface area contributed by atoms with Gasteiger partial charge in [0.25, 0.3) is 5.91 Å². The number of aromatic nitrogens is 3. The predicted molar refractivity (Wildman–Crippen MR) is 104 cm³/mol. The predicted octanol–water partition coefficient (Wildman–Crippen LogP) is 2.87. The zero-order valence-corrected chi connectivity index (χ0v) is 15.9. The van der Waals surface area contributed by atoms with Gasteiger partial charge in [-0.3, -0.25) is 19.7 Å². The summed E-state index contributed by atoms with van der Waals surface area (Å²) in [5.41, 5.74) is 2.21. The van der Waals surface area contributed by atoms with Gasteiger partial charge in [0.15, 0.2) is 5.76 Å². The van der Waals surface area contributed by atoms with Crippen LogP contribution in [-0.4, -0.2) is 57.0 Å². The van der Waals surface area contributed by atoms with Gasteiger partial charge in [-0.05, 0) is 44.2 Å². The van der Waals surface area contributed by atoms with Gasteiger partial charge in [0, 0.05) is 43.8 Å². The van der Waals surface area contributed by atoms with E-state index in [0.29, 0.717) is 18.2 Å². The third-order valence-corrected chi connectivity index (χ3v) is 5.18. The van der Waals surface area contributed by atoms with Gasteiger partial charge in [-0.1, -0.05) is 11.2 Å². The number of likely N-dealkylation sites (tertiary alicyclic amines) is 1. The summed E-state index contributed by atoms with van der Waals surface area (Å²) in [5.74, 6) is 0.876. The summed E-state index contributed by atoms with van der Waals surface area (Å²) < 4.78 is 5.49. The minimum Gasteiger partial charge on any atom is -0.359 e. The van der Waals surface area contributed by atoms with E-state index in [0.717, 1.165) is 43.1 Å². The topological polar surface area (TPSA) is 75.4 Å². The molecule has 0 saturated carbocycles. The van der Waals surface area contributed by atoms with Crippen molar-refractivity contribution in [1.82, 2.24) is 24.9 Å². The minimum absolute atomic E-state index is 0.0597. The molecule has 1 saturated heterocycles. The first-order valence-electron chi connectivity index (χ1n) is 9.47. The van der Waals surface area contributed by atoms with Crippen molar-refractivity contribution < 1.29 is 9.32 Å². The molecule has 7 nitrogen and oxygen atoms in total. The van der Waals surface area contributed by atoms with Gasteiger partial charge < -0.3 is 9.42 Å². The number of carbonyl (C=O) groups is 1. The largest absolute Gasteiger partial charge is 0.359 e. The van der Waals surface area contributed by atoms with Gasteiger partial charge in [-0.25, -0.2) is 0 Å². The Bertz CT molecular complexity index is 905. The zero-order valence-electron chi connectivity index (χ0n) is 15.9. The van der Waals surface area contributed by atoms with E-state index in [1.807, 2.05) is 35.2 Å². The van der Waals surface area contributed by atoms with Crippen molar-refractivity contribution in [2.45, 2.75) is 25.4 Å². The fourth-order valence-corrected chi connectivity index (χ4v) is 3.58. The van der Waals surface area contributed by atoms with Gasteiger partial charge in [-0.2, -0.15) is 0 Å². The van der Waals surface area contributed by atoms with E-state index in [9.17, 15) is 4.79 Å². The Morgan fingerprint density at radius 1 is 1.18 bits per heavy atom. The maximum Gasteiger partial charge on any atom is 0.255 e. The molecule has 28 heavy (non-hydrogen) atoms. The second-order valence-electron chi connectivity index (χ2n) is 7.07. The van der Waals surface area contributed by atoms with E-state index in [-0.39, 0.29) is 5.91 Å². The summed E-state index contributed by atoms with van der Waals surface area (Å²) >= 11 is 0. The standard InChI is InChI=1S/C21H23N5O2/c1-25(15-18-13-20(24-28-18)19-6-2-3-10-23-19)17-7-11-26(12-8-17)21(27)16-5-4-9-22-14-16/h2-6,9-10,13-14,17H,7-8,11-12,15H2,1H3. The molecule has 0 atom stereocenters. The van der Waals surface area contributed by atoms with Crippen LogP contribution < -0.4 is 0 Å². The molecule has 1 aliphatic heterocycles. The minimum atomic E-state index is 0.0597. The molecular formula is C21H23N5O2. The molecule has 0 aliphatic carbocycles. The molecule has 144 valence electrons. The van der Waals surface area contributed by atoms with Gasteiger partial charge in [0.1, 0.15) is 5.69 Å². The van der Waals surface area contributed by atoms with E-state index < -0.39 is 0 Å². The quantitative estimate of drug-likeness (QED) is 0.681. The summed E-state index contributed by atoms with van der Waals surface area (Å²) in [7, 11) is 2.09. The number of rotatable bonds is 5. The van der Waals surface area contributed by atoms with Crippen molar-refractivity contribution >= 4 is 5.91 Å². The van der Waals surface area contributed by atoms with Crippen molar-refractivity contribution in [1.29, 1.82) is 0 Å². The molecule has 0 unspecified atom stereocenters. The van der Waals surface area contributed by atoms with Crippen LogP contribution >= 0.6 is 0 Å². The highest BCUT2D eigenvalue weighted by Gasteiger charge is 2.26. The van der Waals surface area contributed by atoms with Crippen LogP contribution in [0.2, 0.25) is 0 Å². The number of piperidine rings is 1. The first-order chi connectivity index (χ1) is 13.7. The molecule has 0 N–H and O–H groups in total. The zero-order chi connectivity index (χ0) is 19.3. The lowest BCUT2D eigenvalue weighted by Crippen LogP contribution is -2.45. The molecule has 4 rings (SSSR count). The maximum atomic E-state index is 12.5. The average molecular weight is 377 g/mol. The Morgan fingerprint density at radius 3 is 2.75 bits per heavy atom. The van der Waals surface area contributed by atoms with E-state index in [1.165, 1.54) is 0 Å². The number of hydrogen-bond acceptors (Lipinski definition) is 6. The normalized spacial score (nSPS) is 15.1. The highest BCUT2D eigenvalue weighted by molar-refractivity contribution is 5.93. The summed E-state index contributed by atoms with van der Waals surface area (Å²) in [6, 6.07) is 11.7. The third-order valence-electron chi connectivity index (χ3n) is 5.18. The van der Waals surface area contributed by atoms with Crippen molar-refractivity contribution in [3.8, 4) is 11.4 Å². The first kappa shape index (κ1) is 18.3. The number of hydrogen-bond donors (Lipinski definition) is 0. The van der Waals surface area contributed by atoms with Crippen LogP contribution in [0.1, 0.15) is 29.0 Å². The Hall–Kier alpha value is -3.06. The monoisotopic (exact) mass is 377 g/mol. The Labute approximate surface area is 164 Å². The average Bonchev–Trinajstić information content (AvgIpc) is 3.23. The lowest BCUT2D eigenvalue weighted by Gasteiger charge is -2.36. The molecule has 0 aromatic carbocycles. The summed E-state index contributed by atoms with van der Waals surface area (Å²) in [5, 5.41) is 4.13. The van der Waals surface area contributed by atoms with E-state index in [1.54, 1.807) is 24.7 Å². The molecule has 0 bridgehead atoms. The van der Waals surface area contributed by atoms with Crippen LogP contribution in [0.15, 0.2) is 59.5 Å². The SMILES string of the molecule is CN(Cc1cc(-c2ccccn2)no1)C1CCN(C(=O)c2cccnc2)CC1. The number of carbonyl (C=O) groups excluding carboxylic acids is 1. The lowest BCUT2D eigenvalue weighted by molar-refractivity contribution is 0.0631. The van der Waals surface area contributed by atoms with Crippen LogP contribution in [-0.2, 0) is 6.54 Å². The molecule has 0 spiro atoms. The molecular weight excluding hydrogens is 354 g/mol. The van der Waals surface area contributed by atoms with Gasteiger partial charge in [-0.15, -0.1) is 0 Å². The molecule has 4 heterocycles. The molecule has 1 aliphatic rings. The molecule has 3 aromatic heterocycles. The fraction of sp³-hybridized carbons (Fsp3) is 0.333. The molecule has 7 heteroatoms. The smallest absolute Gasteiger partial charge is 0.255 e. The van der Waals surface area contributed by atoms with E-state index >= 15 is 0 Å². The van der Waals surface area contributed by atoms with Crippen molar-refractivity contribution in [2.75, 3.05) is 20.1 Å². The summed E-state index contributed by atoms with van der Waals surface area (Å²) in [4.78, 5) is 25.1. The first-order valence-corrected chi connectivity index (χ1v) is 9.47. The number of pyridine rings is 2. The Kier molecular flexibility index (Phi) is 5.43. The second kappa shape index (κ2) is 8.31. The van der Waals surface area contributed by atoms with Crippen molar-refractivity contribution in [2.24, 2.45) is 0 Å². The highest BCUT2D eigenvalue weighted by Crippen LogP contribution is 2.21. The third kappa shape index (κ3) is 4.09.